The molecule has 5 nitrogen and oxygen atoms in total. The van der Waals surface area contributed by atoms with E-state index >= 15 is 0 Å². The number of carbonyl (C=O) groups excluding carboxylic acids is 2. The van der Waals surface area contributed by atoms with E-state index in [1.165, 1.54) is 18.9 Å². The Morgan fingerprint density at radius 3 is 2.44 bits per heavy atom. The first-order valence-electron chi connectivity index (χ1n) is 9.70. The van der Waals surface area contributed by atoms with Crippen LogP contribution in [0.2, 0.25) is 0 Å². The van der Waals surface area contributed by atoms with Gasteiger partial charge in [0.15, 0.2) is 11.6 Å². The van der Waals surface area contributed by atoms with Crippen LogP contribution in [0.3, 0.4) is 0 Å². The summed E-state index contributed by atoms with van der Waals surface area (Å²) in [7, 11) is 0. The average Bonchev–Trinajstić information content (AvgIpc) is 2.66. The molecule has 1 saturated heterocycles. The Morgan fingerprint density at radius 2 is 1.78 bits per heavy atom. The van der Waals surface area contributed by atoms with E-state index in [0.29, 0.717) is 38.6 Å². The van der Waals surface area contributed by atoms with Gasteiger partial charge in [-0.15, -0.1) is 0 Å². The highest BCUT2D eigenvalue weighted by Crippen LogP contribution is 2.23. The third kappa shape index (κ3) is 5.03. The van der Waals surface area contributed by atoms with Gasteiger partial charge in [-0.25, -0.2) is 8.78 Å². The van der Waals surface area contributed by atoms with Crippen LogP contribution in [-0.2, 0) is 4.79 Å². The van der Waals surface area contributed by atoms with Crippen molar-refractivity contribution in [2.24, 2.45) is 5.92 Å². The Balaban J connectivity index is 1.46. The zero-order valence-electron chi connectivity index (χ0n) is 15.7. The van der Waals surface area contributed by atoms with Gasteiger partial charge in [0.25, 0.3) is 5.91 Å². The van der Waals surface area contributed by atoms with Gasteiger partial charge in [-0.2, -0.15) is 0 Å². The molecule has 2 fully saturated rings. The van der Waals surface area contributed by atoms with Gasteiger partial charge in [0.1, 0.15) is 0 Å². The predicted octanol–water partition coefficient (Wildman–Crippen LogP) is 2.42. The molecule has 1 aromatic rings. The molecular weight excluding hydrogens is 352 g/mol. The fourth-order valence-corrected chi connectivity index (χ4v) is 3.91. The number of carbonyl (C=O) groups is 2. The lowest BCUT2D eigenvalue weighted by molar-refractivity contribution is -0.123. The summed E-state index contributed by atoms with van der Waals surface area (Å²) in [4.78, 5) is 28.4. The summed E-state index contributed by atoms with van der Waals surface area (Å²) in [6.45, 7) is 4.62. The fraction of sp³-hybridized carbons (Fsp3) is 0.600. The second-order valence-electron chi connectivity index (χ2n) is 7.63. The van der Waals surface area contributed by atoms with Crippen molar-refractivity contribution in [3.8, 4) is 0 Å². The van der Waals surface area contributed by atoms with E-state index in [4.69, 9.17) is 0 Å². The molecule has 0 spiro atoms. The largest absolute Gasteiger partial charge is 0.352 e. The number of rotatable bonds is 4. The van der Waals surface area contributed by atoms with Crippen LogP contribution in [0.5, 0.6) is 0 Å². The number of piperazine rings is 1. The number of benzene rings is 1. The van der Waals surface area contributed by atoms with Gasteiger partial charge in [-0.05, 0) is 37.0 Å². The summed E-state index contributed by atoms with van der Waals surface area (Å²) >= 11 is 0. The van der Waals surface area contributed by atoms with Crippen molar-refractivity contribution in [3.05, 3.63) is 35.4 Å². The second kappa shape index (κ2) is 8.78. The van der Waals surface area contributed by atoms with E-state index in [2.05, 4.69) is 12.2 Å². The first kappa shape index (κ1) is 19.7. The molecule has 2 atom stereocenters. The molecule has 1 heterocycles. The quantitative estimate of drug-likeness (QED) is 0.874. The Labute approximate surface area is 158 Å². The summed E-state index contributed by atoms with van der Waals surface area (Å²) in [5.74, 6) is -1.74. The van der Waals surface area contributed by atoms with Crippen LogP contribution < -0.4 is 5.32 Å². The number of nitrogens with one attached hydrogen (secondary N) is 1. The predicted molar refractivity (Wildman–Crippen MR) is 98.3 cm³/mol. The smallest absolute Gasteiger partial charge is 0.254 e. The normalized spacial score (nSPS) is 23.9. The molecule has 0 radical (unpaired) electrons. The lowest BCUT2D eigenvalue weighted by Crippen LogP contribution is -2.52. The van der Waals surface area contributed by atoms with Crippen LogP contribution in [0.15, 0.2) is 18.2 Å². The lowest BCUT2D eigenvalue weighted by atomic mass is 9.86. The highest BCUT2D eigenvalue weighted by atomic mass is 19.2. The van der Waals surface area contributed by atoms with Crippen molar-refractivity contribution in [3.63, 3.8) is 0 Å². The highest BCUT2D eigenvalue weighted by molar-refractivity contribution is 5.94. The molecule has 148 valence electrons. The van der Waals surface area contributed by atoms with Gasteiger partial charge in [-0.1, -0.05) is 19.8 Å². The summed E-state index contributed by atoms with van der Waals surface area (Å²) in [5.41, 5.74) is 0.145. The molecule has 0 bridgehead atoms. The molecule has 2 aliphatic rings. The van der Waals surface area contributed by atoms with Crippen LogP contribution in [0, 0.1) is 17.6 Å². The number of hydrogen-bond acceptors (Lipinski definition) is 3. The lowest BCUT2D eigenvalue weighted by Gasteiger charge is -2.35. The van der Waals surface area contributed by atoms with Crippen LogP contribution in [-0.4, -0.2) is 60.4 Å². The van der Waals surface area contributed by atoms with Crippen molar-refractivity contribution >= 4 is 11.8 Å². The molecule has 2 amide bonds. The fourth-order valence-electron chi connectivity index (χ4n) is 3.91. The zero-order valence-corrected chi connectivity index (χ0v) is 15.7. The molecule has 1 aromatic carbocycles. The molecular formula is C20H27F2N3O2. The average molecular weight is 379 g/mol. The molecule has 27 heavy (non-hydrogen) atoms. The van der Waals surface area contributed by atoms with Crippen molar-refractivity contribution in [2.45, 2.75) is 38.6 Å². The van der Waals surface area contributed by atoms with Gasteiger partial charge < -0.3 is 10.2 Å². The summed E-state index contributed by atoms with van der Waals surface area (Å²) in [6.07, 6.45) is 4.61. The van der Waals surface area contributed by atoms with E-state index in [-0.39, 0.29) is 23.4 Å². The number of amides is 2. The van der Waals surface area contributed by atoms with E-state index < -0.39 is 11.6 Å². The Bertz CT molecular complexity index is 690. The molecule has 0 aromatic heterocycles. The summed E-state index contributed by atoms with van der Waals surface area (Å²) < 4.78 is 26.4. The first-order valence-corrected chi connectivity index (χ1v) is 9.70. The van der Waals surface area contributed by atoms with E-state index in [1.54, 1.807) is 4.90 Å². The molecule has 1 N–H and O–H groups in total. The molecule has 7 heteroatoms. The molecule has 0 unspecified atom stereocenters. The SMILES string of the molecule is C[C@@H]1CCCC[C@@H]1NC(=O)CN1CCN(C(=O)c2ccc(F)c(F)c2)CC1. The molecule has 1 saturated carbocycles. The first-order chi connectivity index (χ1) is 12.9. The maximum absolute atomic E-state index is 13.3. The van der Waals surface area contributed by atoms with E-state index in [0.717, 1.165) is 25.0 Å². The number of halogens is 2. The third-order valence-electron chi connectivity index (χ3n) is 5.65. The second-order valence-corrected chi connectivity index (χ2v) is 7.63. The Morgan fingerprint density at radius 1 is 1.07 bits per heavy atom. The minimum absolute atomic E-state index is 0.0362. The molecule has 3 rings (SSSR count). The topological polar surface area (TPSA) is 52.7 Å². The van der Waals surface area contributed by atoms with Crippen molar-refractivity contribution < 1.29 is 18.4 Å². The standard InChI is InChI=1S/C20H27F2N3O2/c1-14-4-2-3-5-18(14)23-19(26)13-24-8-10-25(11-9-24)20(27)15-6-7-16(21)17(22)12-15/h6-7,12,14,18H,2-5,8-11,13H2,1H3,(H,23,26)/t14-,18+/m1/s1. The van der Waals surface area contributed by atoms with Gasteiger partial charge in [0.2, 0.25) is 5.91 Å². The van der Waals surface area contributed by atoms with Crippen LogP contribution in [0.4, 0.5) is 8.78 Å². The number of nitrogens with zero attached hydrogens (tertiary/aromatic N) is 2. The molecule has 1 aliphatic heterocycles. The van der Waals surface area contributed by atoms with Gasteiger partial charge in [0.05, 0.1) is 6.54 Å². The monoisotopic (exact) mass is 379 g/mol. The Hall–Kier alpha value is -2.02. The van der Waals surface area contributed by atoms with Crippen LogP contribution in [0.1, 0.15) is 43.0 Å². The van der Waals surface area contributed by atoms with Crippen LogP contribution in [0.25, 0.3) is 0 Å². The minimum Gasteiger partial charge on any atom is -0.352 e. The van der Waals surface area contributed by atoms with Crippen molar-refractivity contribution in [1.29, 1.82) is 0 Å². The maximum atomic E-state index is 13.3. The summed E-state index contributed by atoms with van der Waals surface area (Å²) in [5, 5.41) is 3.15. The van der Waals surface area contributed by atoms with Crippen molar-refractivity contribution in [2.75, 3.05) is 32.7 Å². The molecule has 1 aliphatic carbocycles. The maximum Gasteiger partial charge on any atom is 0.254 e. The van der Waals surface area contributed by atoms with Crippen molar-refractivity contribution in [1.82, 2.24) is 15.1 Å². The number of hydrogen-bond donors (Lipinski definition) is 1. The summed E-state index contributed by atoms with van der Waals surface area (Å²) in [6, 6.07) is 3.46. The Kier molecular flexibility index (Phi) is 6.42. The minimum atomic E-state index is -1.02. The van der Waals surface area contributed by atoms with Gasteiger partial charge in [0, 0.05) is 37.8 Å². The zero-order chi connectivity index (χ0) is 19.4. The highest BCUT2D eigenvalue weighted by Gasteiger charge is 2.26. The van der Waals surface area contributed by atoms with Gasteiger partial charge in [-0.3, -0.25) is 14.5 Å². The van der Waals surface area contributed by atoms with E-state index in [1.807, 2.05) is 4.90 Å². The van der Waals surface area contributed by atoms with E-state index in [9.17, 15) is 18.4 Å². The third-order valence-corrected chi connectivity index (χ3v) is 5.65. The van der Waals surface area contributed by atoms with Crippen LogP contribution >= 0.6 is 0 Å². The van der Waals surface area contributed by atoms with Gasteiger partial charge >= 0.3 is 0 Å².